The summed E-state index contributed by atoms with van der Waals surface area (Å²) in [5, 5.41) is 8.69. The standard InChI is InChI=1S/C6H8BrI2NO2/c1-2-10(6(11)12)3-4(8)5(7)9/h2-3H2,1H3,(H,11,12)/b5-4-. The summed E-state index contributed by atoms with van der Waals surface area (Å²) in [5.74, 6) is 0. The van der Waals surface area contributed by atoms with Gasteiger partial charge in [-0.3, -0.25) is 0 Å². The van der Waals surface area contributed by atoms with Gasteiger partial charge < -0.3 is 10.0 Å². The Morgan fingerprint density at radius 1 is 1.58 bits per heavy atom. The van der Waals surface area contributed by atoms with Gasteiger partial charge >= 0.3 is 6.09 Å². The molecule has 70 valence electrons. The molecular formula is C6H8BrI2NO2. The minimum Gasteiger partial charge on any atom is -0.465 e. The number of likely N-dealkylation sites (N-methyl/N-ethyl adjacent to an activating group) is 1. The first-order chi connectivity index (χ1) is 5.49. The average molecular weight is 460 g/mol. The van der Waals surface area contributed by atoms with Crippen molar-refractivity contribution in [2.45, 2.75) is 6.92 Å². The molecule has 6 heteroatoms. The minimum atomic E-state index is -0.878. The highest BCUT2D eigenvalue weighted by atomic mass is 127. The zero-order valence-corrected chi connectivity index (χ0v) is 12.3. The van der Waals surface area contributed by atoms with Gasteiger partial charge in [0.2, 0.25) is 0 Å². The highest BCUT2D eigenvalue weighted by Gasteiger charge is 2.10. The molecule has 1 N–H and O–H groups in total. The van der Waals surface area contributed by atoms with Gasteiger partial charge in [-0.25, -0.2) is 4.79 Å². The molecule has 0 saturated carbocycles. The number of carbonyl (C=O) groups is 1. The second kappa shape index (κ2) is 6.41. The fraction of sp³-hybridized carbons (Fsp3) is 0.500. The van der Waals surface area contributed by atoms with Gasteiger partial charge in [0.15, 0.2) is 0 Å². The van der Waals surface area contributed by atoms with Crippen LogP contribution in [0.2, 0.25) is 0 Å². The molecule has 0 aromatic heterocycles. The number of rotatable bonds is 3. The summed E-state index contributed by atoms with van der Waals surface area (Å²) in [5.41, 5.74) is 0. The van der Waals surface area contributed by atoms with E-state index in [0.717, 1.165) is 6.07 Å². The lowest BCUT2D eigenvalue weighted by Gasteiger charge is -2.16. The van der Waals surface area contributed by atoms with Gasteiger partial charge in [0.1, 0.15) is 0 Å². The number of hydrogen-bond donors (Lipinski definition) is 1. The van der Waals surface area contributed by atoms with Crippen LogP contribution in [-0.4, -0.2) is 29.2 Å². The number of carboxylic acid groups (broad SMARTS) is 1. The van der Waals surface area contributed by atoms with E-state index in [-0.39, 0.29) is 0 Å². The predicted octanol–water partition coefficient (Wildman–Crippen LogP) is 3.42. The summed E-state index contributed by atoms with van der Waals surface area (Å²) in [4.78, 5) is 11.9. The Labute approximate surface area is 107 Å². The number of hydrogen-bond acceptors (Lipinski definition) is 1. The van der Waals surface area contributed by atoms with Gasteiger partial charge in [-0.1, -0.05) is 0 Å². The molecule has 0 aliphatic carbocycles. The summed E-state index contributed by atoms with van der Waals surface area (Å²) < 4.78 is 1.96. The molecule has 0 atom stereocenters. The normalized spacial score (nSPS) is 12.3. The van der Waals surface area contributed by atoms with E-state index in [1.165, 1.54) is 4.90 Å². The van der Waals surface area contributed by atoms with E-state index in [4.69, 9.17) is 5.11 Å². The first-order valence-corrected chi connectivity index (χ1v) is 6.11. The van der Waals surface area contributed by atoms with Crippen LogP contribution in [0.15, 0.2) is 6.07 Å². The Kier molecular flexibility index (Phi) is 6.92. The van der Waals surface area contributed by atoms with Crippen LogP contribution < -0.4 is 0 Å². The Morgan fingerprint density at radius 2 is 2.08 bits per heavy atom. The largest absolute Gasteiger partial charge is 0.465 e. The third kappa shape index (κ3) is 4.85. The molecule has 0 aromatic rings. The molecule has 0 unspecified atom stereocenters. The van der Waals surface area contributed by atoms with Crippen molar-refractivity contribution >= 4 is 67.2 Å². The molecule has 0 heterocycles. The Morgan fingerprint density at radius 3 is 2.33 bits per heavy atom. The molecule has 1 amide bonds. The summed E-state index contributed by atoms with van der Waals surface area (Å²) in [6.07, 6.45) is -0.878. The van der Waals surface area contributed by atoms with Crippen molar-refractivity contribution in [2.24, 2.45) is 0 Å². The Bertz CT molecular complexity index is 204. The zero-order chi connectivity index (χ0) is 9.72. The lowest BCUT2D eigenvalue weighted by molar-refractivity contribution is 0.152. The summed E-state index contributed by atoms with van der Waals surface area (Å²) in [6, 6.07) is 0. The van der Waals surface area contributed by atoms with Crippen LogP contribution in [0.3, 0.4) is 0 Å². The minimum absolute atomic E-state index is 0.454. The van der Waals surface area contributed by atoms with Crippen molar-refractivity contribution in [1.29, 1.82) is 0 Å². The highest BCUT2D eigenvalue weighted by Crippen LogP contribution is 2.25. The molecule has 3 nitrogen and oxygen atoms in total. The first kappa shape index (κ1) is 12.9. The van der Waals surface area contributed by atoms with E-state index >= 15 is 0 Å². The van der Waals surface area contributed by atoms with Crippen molar-refractivity contribution in [3.05, 3.63) is 6.07 Å². The Balaban J connectivity index is 4.22. The molecule has 0 aromatic carbocycles. The molecule has 0 aliphatic heterocycles. The van der Waals surface area contributed by atoms with E-state index in [9.17, 15) is 4.79 Å². The van der Waals surface area contributed by atoms with E-state index in [1.807, 2.05) is 6.92 Å². The smallest absolute Gasteiger partial charge is 0.407 e. The van der Waals surface area contributed by atoms with Crippen LogP contribution in [0.5, 0.6) is 0 Å². The lowest BCUT2D eigenvalue weighted by atomic mass is 10.5. The number of halogens is 3. The van der Waals surface area contributed by atoms with Gasteiger partial charge in [-0.2, -0.15) is 0 Å². The quantitative estimate of drug-likeness (QED) is 0.657. The fourth-order valence-corrected chi connectivity index (χ4v) is 1.25. The summed E-state index contributed by atoms with van der Waals surface area (Å²) >= 11 is 7.52. The van der Waals surface area contributed by atoms with Gasteiger partial charge in [-0.15, -0.1) is 0 Å². The molecule has 0 saturated heterocycles. The van der Waals surface area contributed by atoms with Crippen molar-refractivity contribution in [3.63, 3.8) is 0 Å². The summed E-state index contributed by atoms with van der Waals surface area (Å²) in [7, 11) is 0. The van der Waals surface area contributed by atoms with Crippen molar-refractivity contribution in [2.75, 3.05) is 13.1 Å². The summed E-state index contributed by atoms with van der Waals surface area (Å²) in [6.45, 7) is 2.79. The van der Waals surface area contributed by atoms with Crippen LogP contribution in [0.4, 0.5) is 4.79 Å². The SMILES string of the molecule is CCN(C/C(I)=C(\Br)I)C(=O)O. The highest BCUT2D eigenvalue weighted by molar-refractivity contribution is 14.1. The number of amides is 1. The third-order valence-corrected chi connectivity index (χ3v) is 4.97. The first-order valence-electron chi connectivity index (χ1n) is 3.16. The second-order valence-electron chi connectivity index (χ2n) is 1.96. The van der Waals surface area contributed by atoms with Crippen LogP contribution in [0, 0.1) is 0 Å². The molecule has 0 radical (unpaired) electrons. The van der Waals surface area contributed by atoms with E-state index < -0.39 is 6.09 Å². The van der Waals surface area contributed by atoms with E-state index in [1.54, 1.807) is 0 Å². The van der Waals surface area contributed by atoms with Crippen molar-refractivity contribution in [3.8, 4) is 0 Å². The fourth-order valence-electron chi connectivity index (χ4n) is 0.542. The van der Waals surface area contributed by atoms with Crippen molar-refractivity contribution < 1.29 is 9.90 Å². The lowest BCUT2D eigenvalue weighted by Crippen LogP contribution is -2.30. The second-order valence-corrected chi connectivity index (χ2v) is 6.62. The van der Waals surface area contributed by atoms with Crippen molar-refractivity contribution in [1.82, 2.24) is 4.90 Å². The Hall–Kier alpha value is 0.950. The molecule has 0 aliphatic rings. The zero-order valence-electron chi connectivity index (χ0n) is 6.35. The van der Waals surface area contributed by atoms with Crippen LogP contribution in [-0.2, 0) is 0 Å². The van der Waals surface area contributed by atoms with Gasteiger partial charge in [0.25, 0.3) is 0 Å². The van der Waals surface area contributed by atoms with Gasteiger partial charge in [-0.05, 0) is 68.0 Å². The van der Waals surface area contributed by atoms with Gasteiger partial charge in [0, 0.05) is 10.1 Å². The molecular weight excluding hydrogens is 452 g/mol. The maximum Gasteiger partial charge on any atom is 0.407 e. The monoisotopic (exact) mass is 459 g/mol. The van der Waals surface area contributed by atoms with E-state index in [0.29, 0.717) is 13.1 Å². The maximum atomic E-state index is 10.6. The van der Waals surface area contributed by atoms with Crippen LogP contribution in [0.1, 0.15) is 6.92 Å². The molecule has 0 spiro atoms. The maximum absolute atomic E-state index is 10.6. The van der Waals surface area contributed by atoms with Crippen LogP contribution >= 0.6 is 61.1 Å². The molecule has 0 fully saturated rings. The average Bonchev–Trinajstić information content (AvgIpc) is 1.98. The van der Waals surface area contributed by atoms with Crippen LogP contribution in [0.25, 0.3) is 0 Å². The molecule has 0 rings (SSSR count). The third-order valence-electron chi connectivity index (χ3n) is 1.19. The van der Waals surface area contributed by atoms with Gasteiger partial charge in [0.05, 0.1) is 9.03 Å². The molecule has 0 bridgehead atoms. The number of nitrogens with zero attached hydrogens (tertiary/aromatic N) is 1. The van der Waals surface area contributed by atoms with E-state index in [2.05, 4.69) is 61.1 Å². The topological polar surface area (TPSA) is 40.5 Å². The molecule has 12 heavy (non-hydrogen) atoms. The predicted molar refractivity (Wildman–Crippen MR) is 69.3 cm³/mol.